The molecule has 398 valence electrons. The van der Waals surface area contributed by atoms with Crippen LogP contribution in [0.5, 0.6) is 0 Å². The number of aliphatic hydroxyl groups is 1. The van der Waals surface area contributed by atoms with Gasteiger partial charge in [-0.1, -0.05) is 262 Å². The predicted octanol–water partition coefficient (Wildman–Crippen LogP) is 16.3. The van der Waals surface area contributed by atoms with Gasteiger partial charge in [-0.05, 0) is 49.9 Å². The molecule has 0 aliphatic heterocycles. The molecule has 0 aliphatic carbocycles. The summed E-state index contributed by atoms with van der Waals surface area (Å²) in [7, 11) is 0. The van der Waals surface area contributed by atoms with E-state index in [4.69, 9.17) is 14.2 Å². The summed E-state index contributed by atoms with van der Waals surface area (Å²) in [6, 6.07) is 16.0. The van der Waals surface area contributed by atoms with Crippen molar-refractivity contribution in [3.8, 4) is 0 Å². The van der Waals surface area contributed by atoms with E-state index < -0.39 is 54.8 Å². The Bertz CT molecular complexity index is 1550. The predicted molar refractivity (Wildman–Crippen MR) is 288 cm³/mol. The third-order valence-electron chi connectivity index (χ3n) is 13.8. The first-order chi connectivity index (χ1) is 34.3. The summed E-state index contributed by atoms with van der Waals surface area (Å²) in [4.78, 5) is 53.5. The highest BCUT2D eigenvalue weighted by Crippen LogP contribution is 2.23. The van der Waals surface area contributed by atoms with Crippen LogP contribution in [0.2, 0.25) is 0 Å². The van der Waals surface area contributed by atoms with E-state index in [0.29, 0.717) is 31.2 Å². The molecule has 0 saturated carbocycles. The first-order valence-corrected chi connectivity index (χ1v) is 28.9. The molecule has 0 spiro atoms. The Morgan fingerprint density at radius 2 is 0.743 bits per heavy atom. The van der Waals surface area contributed by atoms with E-state index in [9.17, 15) is 24.3 Å². The number of nitrogens with one attached hydrogen (secondary N) is 1. The molecular weight excluding hydrogens is 875 g/mol. The van der Waals surface area contributed by atoms with Crippen LogP contribution in [0.3, 0.4) is 0 Å². The number of hydrogen-bond acceptors (Lipinski definition) is 8. The molecule has 0 saturated heterocycles. The average molecular weight is 976 g/mol. The number of carbonyl (C=O) groups is 4. The van der Waals surface area contributed by atoms with Crippen LogP contribution in [0.4, 0.5) is 0 Å². The van der Waals surface area contributed by atoms with Crippen molar-refractivity contribution in [2.75, 3.05) is 6.61 Å². The van der Waals surface area contributed by atoms with Crippen molar-refractivity contribution in [1.82, 2.24) is 5.32 Å². The van der Waals surface area contributed by atoms with Crippen LogP contribution in [0.1, 0.15) is 279 Å². The Labute approximate surface area is 427 Å². The Morgan fingerprint density at radius 1 is 0.429 bits per heavy atom. The number of amides is 1. The second-order valence-electron chi connectivity index (χ2n) is 20.2. The minimum atomic E-state index is -1.24. The molecule has 0 aliphatic rings. The summed E-state index contributed by atoms with van der Waals surface area (Å²) in [6.07, 6.45) is 40.9. The number of hydrogen-bond donors (Lipinski definition) is 2. The molecule has 0 fully saturated rings. The highest BCUT2D eigenvalue weighted by Gasteiger charge is 2.38. The lowest BCUT2D eigenvalue weighted by atomic mass is 9.98. The van der Waals surface area contributed by atoms with E-state index in [-0.39, 0.29) is 5.56 Å². The second kappa shape index (κ2) is 44.0. The van der Waals surface area contributed by atoms with Crippen LogP contribution in [-0.4, -0.2) is 59.9 Å². The van der Waals surface area contributed by atoms with Gasteiger partial charge >= 0.3 is 17.9 Å². The molecule has 0 unspecified atom stereocenters. The Balaban J connectivity index is 1.90. The van der Waals surface area contributed by atoms with Crippen molar-refractivity contribution in [3.05, 3.63) is 71.8 Å². The number of benzene rings is 2. The number of unbranched alkanes of at least 4 members (excludes halogenated alkanes) is 33. The second-order valence-corrected chi connectivity index (χ2v) is 20.2. The molecular formula is C61H101NO8. The van der Waals surface area contributed by atoms with Gasteiger partial charge in [0.1, 0.15) is 6.10 Å². The van der Waals surface area contributed by atoms with Crippen LogP contribution < -0.4 is 5.32 Å². The van der Waals surface area contributed by atoms with Gasteiger partial charge in [0, 0.05) is 6.92 Å². The van der Waals surface area contributed by atoms with Crippen molar-refractivity contribution in [2.45, 2.75) is 283 Å². The third kappa shape index (κ3) is 32.3. The lowest BCUT2D eigenvalue weighted by Crippen LogP contribution is -2.55. The van der Waals surface area contributed by atoms with E-state index in [1.54, 1.807) is 54.6 Å². The normalized spacial score (nSPS) is 13.0. The van der Waals surface area contributed by atoms with Gasteiger partial charge in [-0.15, -0.1) is 0 Å². The van der Waals surface area contributed by atoms with Crippen LogP contribution in [0.15, 0.2) is 60.7 Å². The largest absolute Gasteiger partial charge is 0.455 e. The topological polar surface area (TPSA) is 128 Å². The first kappa shape index (κ1) is 62.4. The summed E-state index contributed by atoms with van der Waals surface area (Å²) in [5.74, 6) is -2.43. The number of ether oxygens (including phenoxy) is 3. The molecule has 1 amide bonds. The van der Waals surface area contributed by atoms with E-state index in [2.05, 4.69) is 19.2 Å². The zero-order valence-corrected chi connectivity index (χ0v) is 44.8. The molecule has 2 rings (SSSR count). The van der Waals surface area contributed by atoms with Gasteiger partial charge in [0.2, 0.25) is 0 Å². The minimum Gasteiger partial charge on any atom is -0.455 e. The standard InChI is InChI=1S/C61H101NO8/c1-4-6-8-10-12-14-16-18-19-20-21-22-23-24-25-26-28-30-32-34-36-44-50-57(68-52(3)64)59(65)62-55(51-63)58(70-61(67)54-47-41-38-42-48-54)56(69-60(66)53-45-39-37-40-46-53)49-43-35-33-31-29-27-17-15-13-11-9-7-5-2/h37-42,45-48,55-58,63H,4-36,43-44,49-51H2,1-3H3,(H,62,65)/t55-,56+,57+,58-/m0/s1. The molecule has 9 heteroatoms. The highest BCUT2D eigenvalue weighted by molar-refractivity contribution is 5.90. The zero-order valence-electron chi connectivity index (χ0n) is 44.8. The van der Waals surface area contributed by atoms with Crippen molar-refractivity contribution >= 4 is 23.8 Å². The maximum atomic E-state index is 14.0. The lowest BCUT2D eigenvalue weighted by Gasteiger charge is -2.33. The summed E-state index contributed by atoms with van der Waals surface area (Å²) in [6.45, 7) is 5.20. The summed E-state index contributed by atoms with van der Waals surface area (Å²) in [5, 5.41) is 13.7. The van der Waals surface area contributed by atoms with Gasteiger partial charge in [0.15, 0.2) is 12.2 Å². The van der Waals surface area contributed by atoms with Crippen LogP contribution in [-0.2, 0) is 23.8 Å². The first-order valence-electron chi connectivity index (χ1n) is 28.9. The van der Waals surface area contributed by atoms with Gasteiger partial charge < -0.3 is 24.6 Å². The molecule has 2 aromatic carbocycles. The number of aliphatic hydroxyl groups excluding tert-OH is 1. The Kier molecular flexibility index (Phi) is 39.2. The van der Waals surface area contributed by atoms with E-state index in [1.165, 1.54) is 180 Å². The maximum absolute atomic E-state index is 14.0. The van der Waals surface area contributed by atoms with E-state index >= 15 is 0 Å². The average Bonchev–Trinajstić information content (AvgIpc) is 3.37. The molecule has 0 heterocycles. The van der Waals surface area contributed by atoms with Crippen molar-refractivity contribution in [3.63, 3.8) is 0 Å². The molecule has 0 radical (unpaired) electrons. The number of carbonyl (C=O) groups excluding carboxylic acids is 4. The smallest absolute Gasteiger partial charge is 0.338 e. The van der Waals surface area contributed by atoms with Gasteiger partial charge in [-0.2, -0.15) is 0 Å². The van der Waals surface area contributed by atoms with Crippen LogP contribution >= 0.6 is 0 Å². The maximum Gasteiger partial charge on any atom is 0.338 e. The van der Waals surface area contributed by atoms with E-state index in [0.717, 1.165) is 38.5 Å². The fraction of sp³-hybridized carbons (Fsp3) is 0.738. The molecule has 4 atom stereocenters. The van der Waals surface area contributed by atoms with Gasteiger partial charge in [0.25, 0.3) is 5.91 Å². The molecule has 70 heavy (non-hydrogen) atoms. The molecule has 0 aromatic heterocycles. The number of rotatable bonds is 47. The monoisotopic (exact) mass is 976 g/mol. The van der Waals surface area contributed by atoms with Gasteiger partial charge in [0.05, 0.1) is 23.8 Å². The Hall–Kier alpha value is -3.72. The fourth-order valence-corrected chi connectivity index (χ4v) is 9.51. The summed E-state index contributed by atoms with van der Waals surface area (Å²) in [5.41, 5.74) is 0.623. The summed E-state index contributed by atoms with van der Waals surface area (Å²) >= 11 is 0. The van der Waals surface area contributed by atoms with Crippen molar-refractivity contribution < 1.29 is 38.5 Å². The minimum absolute atomic E-state index is 0.285. The van der Waals surface area contributed by atoms with Gasteiger partial charge in [-0.3, -0.25) is 9.59 Å². The molecule has 0 bridgehead atoms. The molecule has 9 nitrogen and oxygen atoms in total. The Morgan fingerprint density at radius 3 is 1.07 bits per heavy atom. The lowest BCUT2D eigenvalue weighted by molar-refractivity contribution is -0.155. The zero-order chi connectivity index (χ0) is 50.5. The van der Waals surface area contributed by atoms with Crippen molar-refractivity contribution in [1.29, 1.82) is 0 Å². The number of esters is 3. The fourth-order valence-electron chi connectivity index (χ4n) is 9.51. The quantitative estimate of drug-likeness (QED) is 0.0381. The highest BCUT2D eigenvalue weighted by atomic mass is 16.6. The molecule has 2 aromatic rings. The summed E-state index contributed by atoms with van der Waals surface area (Å²) < 4.78 is 17.8. The SMILES string of the molecule is CCCCCCCCCCCCCCCCCCCCCCCC[C@@H](OC(C)=O)C(=O)N[C@@H](CO)[C@H](OC(=O)c1ccccc1)[C@@H](CCCCCCCCCCCCCCC)OC(=O)c1ccccc1. The van der Waals surface area contributed by atoms with Crippen molar-refractivity contribution in [2.24, 2.45) is 0 Å². The molecule has 2 N–H and O–H groups in total. The van der Waals surface area contributed by atoms with E-state index in [1.807, 2.05) is 6.07 Å². The van der Waals surface area contributed by atoms with Crippen LogP contribution in [0, 0.1) is 0 Å². The van der Waals surface area contributed by atoms with Gasteiger partial charge in [-0.25, -0.2) is 9.59 Å². The third-order valence-corrected chi connectivity index (χ3v) is 13.8. The van der Waals surface area contributed by atoms with Crippen LogP contribution in [0.25, 0.3) is 0 Å².